The van der Waals surface area contributed by atoms with Crippen LogP contribution in [0, 0.1) is 5.92 Å². The SMILES string of the molecule is CCOC(c1nc(CC(=O)c2ccccc2)cs1)C1CC1. The smallest absolute Gasteiger partial charge is 0.168 e. The molecule has 1 aromatic heterocycles. The Kier molecular flexibility index (Phi) is 4.46. The molecule has 0 bridgehead atoms. The molecule has 1 aromatic carbocycles. The van der Waals surface area contributed by atoms with Crippen LogP contribution < -0.4 is 0 Å². The zero-order valence-electron chi connectivity index (χ0n) is 12.1. The van der Waals surface area contributed by atoms with Gasteiger partial charge in [0.05, 0.1) is 12.1 Å². The maximum Gasteiger partial charge on any atom is 0.168 e. The van der Waals surface area contributed by atoms with Crippen molar-refractivity contribution in [2.75, 3.05) is 6.61 Å². The molecule has 0 aliphatic heterocycles. The van der Waals surface area contributed by atoms with Crippen LogP contribution in [0.2, 0.25) is 0 Å². The molecule has 0 spiro atoms. The second-order valence-corrected chi connectivity index (χ2v) is 6.25. The number of nitrogens with zero attached hydrogens (tertiary/aromatic N) is 1. The molecule has 0 saturated heterocycles. The van der Waals surface area contributed by atoms with Crippen molar-refractivity contribution in [2.45, 2.75) is 32.3 Å². The molecule has 1 atom stereocenters. The third-order valence-electron chi connectivity index (χ3n) is 3.65. The van der Waals surface area contributed by atoms with Gasteiger partial charge in [-0.15, -0.1) is 11.3 Å². The monoisotopic (exact) mass is 301 g/mol. The fourth-order valence-electron chi connectivity index (χ4n) is 2.41. The Morgan fingerprint density at radius 1 is 1.38 bits per heavy atom. The van der Waals surface area contributed by atoms with E-state index in [0.717, 1.165) is 16.3 Å². The lowest BCUT2D eigenvalue weighted by atomic mass is 10.1. The number of hydrogen-bond donors (Lipinski definition) is 0. The highest BCUT2D eigenvalue weighted by molar-refractivity contribution is 7.09. The van der Waals surface area contributed by atoms with Gasteiger partial charge in [0.2, 0.25) is 0 Å². The molecular formula is C17H19NO2S. The second kappa shape index (κ2) is 6.50. The highest BCUT2D eigenvalue weighted by Crippen LogP contribution is 2.44. The zero-order chi connectivity index (χ0) is 14.7. The number of benzene rings is 1. The number of carbonyl (C=O) groups is 1. The summed E-state index contributed by atoms with van der Waals surface area (Å²) in [4.78, 5) is 16.8. The summed E-state index contributed by atoms with van der Waals surface area (Å²) in [6, 6.07) is 9.39. The molecule has 110 valence electrons. The van der Waals surface area contributed by atoms with E-state index in [1.807, 2.05) is 42.6 Å². The van der Waals surface area contributed by atoms with E-state index in [9.17, 15) is 4.79 Å². The molecule has 21 heavy (non-hydrogen) atoms. The number of ketones is 1. The van der Waals surface area contributed by atoms with Gasteiger partial charge in [0.25, 0.3) is 0 Å². The number of ether oxygens (including phenoxy) is 1. The number of rotatable bonds is 7. The first-order chi connectivity index (χ1) is 10.3. The van der Waals surface area contributed by atoms with Gasteiger partial charge in [0, 0.05) is 17.6 Å². The van der Waals surface area contributed by atoms with Crippen molar-refractivity contribution in [3.63, 3.8) is 0 Å². The molecule has 2 aromatic rings. The summed E-state index contributed by atoms with van der Waals surface area (Å²) in [6.07, 6.45) is 2.94. The maximum atomic E-state index is 12.2. The predicted molar refractivity (Wildman–Crippen MR) is 83.7 cm³/mol. The van der Waals surface area contributed by atoms with Crippen LogP contribution in [0.15, 0.2) is 35.7 Å². The topological polar surface area (TPSA) is 39.2 Å². The average Bonchev–Trinajstić information content (AvgIpc) is 3.25. The number of carbonyl (C=O) groups excluding carboxylic acids is 1. The number of Topliss-reactive ketones (excluding diaryl/α,β-unsaturated/α-hetero) is 1. The van der Waals surface area contributed by atoms with E-state index < -0.39 is 0 Å². The molecule has 1 heterocycles. The van der Waals surface area contributed by atoms with Crippen molar-refractivity contribution < 1.29 is 9.53 Å². The molecule has 3 nitrogen and oxygen atoms in total. The fraction of sp³-hybridized carbons (Fsp3) is 0.412. The molecule has 0 N–H and O–H groups in total. The largest absolute Gasteiger partial charge is 0.371 e. The predicted octanol–water partition coefficient (Wildman–Crippen LogP) is 4.06. The van der Waals surface area contributed by atoms with E-state index in [4.69, 9.17) is 4.74 Å². The first kappa shape index (κ1) is 14.4. The second-order valence-electron chi connectivity index (χ2n) is 5.36. The standard InChI is InChI=1S/C17H19NO2S/c1-2-20-16(13-8-9-13)17-18-14(11-21-17)10-15(19)12-6-4-3-5-7-12/h3-7,11,13,16H,2,8-10H2,1H3. The molecule has 0 amide bonds. The Morgan fingerprint density at radius 3 is 2.81 bits per heavy atom. The van der Waals surface area contributed by atoms with Gasteiger partial charge in [0.15, 0.2) is 5.78 Å². The van der Waals surface area contributed by atoms with E-state index in [1.165, 1.54) is 12.8 Å². The molecule has 3 rings (SSSR count). The van der Waals surface area contributed by atoms with E-state index in [-0.39, 0.29) is 11.9 Å². The number of thiazole rings is 1. The summed E-state index contributed by atoms with van der Waals surface area (Å²) in [5.74, 6) is 0.737. The molecule has 1 fully saturated rings. The van der Waals surface area contributed by atoms with Gasteiger partial charge < -0.3 is 4.74 Å². The summed E-state index contributed by atoms with van der Waals surface area (Å²) in [5.41, 5.74) is 1.60. The van der Waals surface area contributed by atoms with Gasteiger partial charge in [-0.1, -0.05) is 30.3 Å². The molecule has 4 heteroatoms. The van der Waals surface area contributed by atoms with Crippen LogP contribution in [0.3, 0.4) is 0 Å². The van der Waals surface area contributed by atoms with Crippen molar-refractivity contribution in [2.24, 2.45) is 5.92 Å². The first-order valence-corrected chi connectivity index (χ1v) is 8.30. The van der Waals surface area contributed by atoms with Gasteiger partial charge in [-0.05, 0) is 25.7 Å². The Hall–Kier alpha value is -1.52. The Labute approximate surface area is 129 Å². The average molecular weight is 301 g/mol. The van der Waals surface area contributed by atoms with Crippen molar-refractivity contribution >= 4 is 17.1 Å². The van der Waals surface area contributed by atoms with E-state index >= 15 is 0 Å². The van der Waals surface area contributed by atoms with Crippen molar-refractivity contribution in [3.8, 4) is 0 Å². The molecular weight excluding hydrogens is 282 g/mol. The lowest BCUT2D eigenvalue weighted by molar-refractivity contribution is 0.0461. The Balaban J connectivity index is 1.68. The normalized spacial score (nSPS) is 15.9. The molecule has 1 aliphatic rings. The van der Waals surface area contributed by atoms with Crippen LogP contribution >= 0.6 is 11.3 Å². The minimum Gasteiger partial charge on any atom is -0.371 e. The number of hydrogen-bond acceptors (Lipinski definition) is 4. The van der Waals surface area contributed by atoms with Gasteiger partial charge in [-0.25, -0.2) is 4.98 Å². The van der Waals surface area contributed by atoms with Crippen LogP contribution in [0.5, 0.6) is 0 Å². The first-order valence-electron chi connectivity index (χ1n) is 7.42. The van der Waals surface area contributed by atoms with Gasteiger partial charge in [-0.3, -0.25) is 4.79 Å². The summed E-state index contributed by atoms with van der Waals surface area (Å²) in [6.45, 7) is 2.72. The van der Waals surface area contributed by atoms with Gasteiger partial charge in [0.1, 0.15) is 11.1 Å². The van der Waals surface area contributed by atoms with Crippen LogP contribution in [0.4, 0.5) is 0 Å². The minimum absolute atomic E-state index is 0.117. The Morgan fingerprint density at radius 2 is 2.14 bits per heavy atom. The van der Waals surface area contributed by atoms with E-state index in [1.54, 1.807) is 11.3 Å². The van der Waals surface area contributed by atoms with Crippen molar-refractivity contribution in [3.05, 3.63) is 52.0 Å². The fourth-order valence-corrected chi connectivity index (χ4v) is 3.37. The highest BCUT2D eigenvalue weighted by Gasteiger charge is 2.34. The third kappa shape index (κ3) is 3.57. The summed E-state index contributed by atoms with van der Waals surface area (Å²) >= 11 is 1.61. The lowest BCUT2D eigenvalue weighted by Crippen LogP contribution is -2.07. The summed E-state index contributed by atoms with van der Waals surface area (Å²) in [7, 11) is 0. The minimum atomic E-state index is 0.117. The van der Waals surface area contributed by atoms with Gasteiger partial charge in [-0.2, -0.15) is 0 Å². The summed E-state index contributed by atoms with van der Waals surface area (Å²) in [5, 5.41) is 3.01. The molecule has 1 unspecified atom stereocenters. The van der Waals surface area contributed by atoms with Crippen LogP contribution in [0.25, 0.3) is 0 Å². The lowest BCUT2D eigenvalue weighted by Gasteiger charge is -2.12. The van der Waals surface area contributed by atoms with Crippen LogP contribution in [-0.4, -0.2) is 17.4 Å². The molecule has 1 aliphatic carbocycles. The Bertz CT molecular complexity index is 604. The molecule has 1 saturated carbocycles. The van der Waals surface area contributed by atoms with E-state index in [2.05, 4.69) is 4.98 Å². The maximum absolute atomic E-state index is 12.2. The van der Waals surface area contributed by atoms with Crippen LogP contribution in [0.1, 0.15) is 46.9 Å². The van der Waals surface area contributed by atoms with Crippen molar-refractivity contribution in [1.29, 1.82) is 0 Å². The van der Waals surface area contributed by atoms with Crippen molar-refractivity contribution in [1.82, 2.24) is 4.98 Å². The zero-order valence-corrected chi connectivity index (χ0v) is 12.9. The third-order valence-corrected chi connectivity index (χ3v) is 4.60. The summed E-state index contributed by atoms with van der Waals surface area (Å²) < 4.78 is 5.82. The van der Waals surface area contributed by atoms with E-state index in [0.29, 0.717) is 18.9 Å². The van der Waals surface area contributed by atoms with Crippen LogP contribution in [-0.2, 0) is 11.2 Å². The molecule has 0 radical (unpaired) electrons. The quantitative estimate of drug-likeness (QED) is 0.724. The highest BCUT2D eigenvalue weighted by atomic mass is 32.1. The van der Waals surface area contributed by atoms with Gasteiger partial charge >= 0.3 is 0 Å². The number of aromatic nitrogens is 1.